The van der Waals surface area contributed by atoms with Crippen molar-refractivity contribution in [3.8, 4) is 5.75 Å². The third-order valence-corrected chi connectivity index (χ3v) is 2.54. The monoisotopic (exact) mass is 198 g/mol. The van der Waals surface area contributed by atoms with E-state index in [1.807, 2.05) is 13.0 Å². The highest BCUT2D eigenvalue weighted by atomic mass is 35.5. The zero-order chi connectivity index (χ0) is 10.0. The second-order valence-corrected chi connectivity index (χ2v) is 3.91. The molecule has 1 aromatic rings. The van der Waals surface area contributed by atoms with Crippen molar-refractivity contribution in [2.75, 3.05) is 7.11 Å². The Morgan fingerprint density at radius 3 is 2.38 bits per heavy atom. The number of rotatable bonds is 2. The minimum atomic E-state index is 0.464. The number of aryl methyl sites for hydroxylation is 1. The number of ether oxygens (including phenoxy) is 1. The molecule has 0 aliphatic rings. The molecule has 0 radical (unpaired) electrons. The van der Waals surface area contributed by atoms with Crippen LogP contribution < -0.4 is 4.74 Å². The van der Waals surface area contributed by atoms with Gasteiger partial charge in [-0.15, -0.1) is 0 Å². The Balaban J connectivity index is 3.25. The molecule has 0 saturated heterocycles. The molecule has 1 rings (SSSR count). The highest BCUT2D eigenvalue weighted by Gasteiger charge is 2.09. The van der Waals surface area contributed by atoms with Crippen molar-refractivity contribution in [1.29, 1.82) is 0 Å². The Kier molecular flexibility index (Phi) is 3.21. The average Bonchev–Trinajstić information content (AvgIpc) is 2.08. The Labute approximate surface area is 84.7 Å². The zero-order valence-corrected chi connectivity index (χ0v) is 9.27. The van der Waals surface area contributed by atoms with E-state index in [1.54, 1.807) is 7.11 Å². The number of halogens is 1. The van der Waals surface area contributed by atoms with Crippen molar-refractivity contribution in [3.63, 3.8) is 0 Å². The van der Waals surface area contributed by atoms with Crippen LogP contribution in [-0.4, -0.2) is 7.11 Å². The van der Waals surface area contributed by atoms with Crippen LogP contribution in [-0.2, 0) is 0 Å². The lowest BCUT2D eigenvalue weighted by molar-refractivity contribution is 0.407. The lowest BCUT2D eigenvalue weighted by atomic mass is 10.00. The first kappa shape index (κ1) is 10.4. The topological polar surface area (TPSA) is 9.23 Å². The molecule has 0 bridgehead atoms. The van der Waals surface area contributed by atoms with Crippen LogP contribution in [0.2, 0.25) is 5.02 Å². The van der Waals surface area contributed by atoms with E-state index in [0.29, 0.717) is 5.92 Å². The van der Waals surface area contributed by atoms with E-state index in [0.717, 1.165) is 16.3 Å². The number of methoxy groups -OCH3 is 1. The van der Waals surface area contributed by atoms with Crippen LogP contribution in [0.15, 0.2) is 12.1 Å². The summed E-state index contributed by atoms with van der Waals surface area (Å²) in [6.07, 6.45) is 0. The molecule has 1 nitrogen and oxygen atoms in total. The van der Waals surface area contributed by atoms with E-state index in [2.05, 4.69) is 19.9 Å². The predicted octanol–water partition coefficient (Wildman–Crippen LogP) is 3.78. The summed E-state index contributed by atoms with van der Waals surface area (Å²) in [5.41, 5.74) is 2.32. The zero-order valence-electron chi connectivity index (χ0n) is 8.52. The first-order valence-corrected chi connectivity index (χ1v) is 4.78. The van der Waals surface area contributed by atoms with Crippen molar-refractivity contribution >= 4 is 11.6 Å². The summed E-state index contributed by atoms with van der Waals surface area (Å²) >= 11 is 5.99. The molecule has 2 heteroatoms. The van der Waals surface area contributed by atoms with Crippen LogP contribution >= 0.6 is 11.6 Å². The summed E-state index contributed by atoms with van der Waals surface area (Å²) in [6, 6.07) is 3.97. The van der Waals surface area contributed by atoms with Crippen molar-refractivity contribution in [1.82, 2.24) is 0 Å². The molecule has 0 fully saturated rings. The van der Waals surface area contributed by atoms with Gasteiger partial charge in [-0.1, -0.05) is 31.5 Å². The molecule has 72 valence electrons. The lowest BCUT2D eigenvalue weighted by Gasteiger charge is -2.13. The molecule has 13 heavy (non-hydrogen) atoms. The molecular formula is C11H15ClO. The fraction of sp³-hybridized carbons (Fsp3) is 0.455. The first-order chi connectivity index (χ1) is 6.06. The smallest absolute Gasteiger partial charge is 0.123 e. The summed E-state index contributed by atoms with van der Waals surface area (Å²) in [7, 11) is 1.67. The third-order valence-electron chi connectivity index (χ3n) is 2.13. The maximum atomic E-state index is 5.99. The molecule has 0 N–H and O–H groups in total. The molecule has 0 amide bonds. The van der Waals surface area contributed by atoms with Gasteiger partial charge >= 0.3 is 0 Å². The van der Waals surface area contributed by atoms with Crippen molar-refractivity contribution in [2.45, 2.75) is 26.7 Å². The number of benzene rings is 1. The van der Waals surface area contributed by atoms with Gasteiger partial charge in [-0.25, -0.2) is 0 Å². The van der Waals surface area contributed by atoms with Gasteiger partial charge in [0.2, 0.25) is 0 Å². The molecule has 0 aliphatic heterocycles. The molecule has 0 unspecified atom stereocenters. The highest BCUT2D eigenvalue weighted by Crippen LogP contribution is 2.31. The van der Waals surface area contributed by atoms with E-state index < -0.39 is 0 Å². The molecule has 0 heterocycles. The quantitative estimate of drug-likeness (QED) is 0.703. The number of hydrogen-bond donors (Lipinski definition) is 0. The van der Waals surface area contributed by atoms with Crippen LogP contribution in [0.4, 0.5) is 0 Å². The average molecular weight is 199 g/mol. The van der Waals surface area contributed by atoms with Crippen LogP contribution in [0.3, 0.4) is 0 Å². The minimum Gasteiger partial charge on any atom is -0.496 e. The molecule has 0 aromatic heterocycles. The normalized spacial score (nSPS) is 10.6. The van der Waals surface area contributed by atoms with E-state index in [4.69, 9.17) is 16.3 Å². The van der Waals surface area contributed by atoms with Crippen LogP contribution in [0.5, 0.6) is 5.75 Å². The standard InChI is InChI=1S/C11H15ClO/c1-7(2)9-5-8(3)10(12)6-11(9)13-4/h5-7H,1-4H3. The van der Waals surface area contributed by atoms with Crippen molar-refractivity contribution in [3.05, 3.63) is 28.3 Å². The van der Waals surface area contributed by atoms with Crippen molar-refractivity contribution < 1.29 is 4.74 Å². The summed E-state index contributed by atoms with van der Waals surface area (Å²) in [4.78, 5) is 0. The molecule has 0 spiro atoms. The molecule has 0 aliphatic carbocycles. The fourth-order valence-electron chi connectivity index (χ4n) is 1.31. The van der Waals surface area contributed by atoms with Gasteiger partial charge < -0.3 is 4.74 Å². The lowest BCUT2D eigenvalue weighted by Crippen LogP contribution is -1.95. The summed E-state index contributed by atoms with van der Waals surface area (Å²) in [6.45, 7) is 6.30. The molecular weight excluding hydrogens is 184 g/mol. The summed E-state index contributed by atoms with van der Waals surface area (Å²) < 4.78 is 5.26. The Morgan fingerprint density at radius 2 is 1.92 bits per heavy atom. The Morgan fingerprint density at radius 1 is 1.31 bits per heavy atom. The number of hydrogen-bond acceptors (Lipinski definition) is 1. The second kappa shape index (κ2) is 4.01. The predicted molar refractivity (Wildman–Crippen MR) is 56.8 cm³/mol. The summed E-state index contributed by atoms with van der Waals surface area (Å²) in [5.74, 6) is 1.34. The first-order valence-electron chi connectivity index (χ1n) is 4.40. The van der Waals surface area contributed by atoms with E-state index in [1.165, 1.54) is 5.56 Å². The SMILES string of the molecule is COc1cc(Cl)c(C)cc1C(C)C. The van der Waals surface area contributed by atoms with Gasteiger partial charge in [0.05, 0.1) is 7.11 Å². The van der Waals surface area contributed by atoms with Gasteiger partial charge in [0.15, 0.2) is 0 Å². The molecule has 1 aromatic carbocycles. The highest BCUT2D eigenvalue weighted by molar-refractivity contribution is 6.31. The second-order valence-electron chi connectivity index (χ2n) is 3.50. The van der Waals surface area contributed by atoms with Gasteiger partial charge in [-0.05, 0) is 30.0 Å². The van der Waals surface area contributed by atoms with Crippen LogP contribution in [0, 0.1) is 6.92 Å². The van der Waals surface area contributed by atoms with Gasteiger partial charge in [0.25, 0.3) is 0 Å². The van der Waals surface area contributed by atoms with E-state index in [9.17, 15) is 0 Å². The van der Waals surface area contributed by atoms with Gasteiger partial charge in [0.1, 0.15) is 5.75 Å². The maximum absolute atomic E-state index is 5.99. The third kappa shape index (κ3) is 2.16. The van der Waals surface area contributed by atoms with Crippen LogP contribution in [0.1, 0.15) is 30.9 Å². The molecule has 0 saturated carbocycles. The maximum Gasteiger partial charge on any atom is 0.123 e. The van der Waals surface area contributed by atoms with Crippen LogP contribution in [0.25, 0.3) is 0 Å². The molecule has 0 atom stereocenters. The van der Waals surface area contributed by atoms with Gasteiger partial charge in [-0.2, -0.15) is 0 Å². The summed E-state index contributed by atoms with van der Waals surface area (Å²) in [5, 5.41) is 0.765. The Hall–Kier alpha value is -0.690. The minimum absolute atomic E-state index is 0.464. The Bertz CT molecular complexity index is 305. The van der Waals surface area contributed by atoms with Crippen molar-refractivity contribution in [2.24, 2.45) is 0 Å². The van der Waals surface area contributed by atoms with E-state index in [-0.39, 0.29) is 0 Å². The largest absolute Gasteiger partial charge is 0.496 e. The van der Waals surface area contributed by atoms with E-state index >= 15 is 0 Å². The van der Waals surface area contributed by atoms with Gasteiger partial charge in [-0.3, -0.25) is 0 Å². The fourth-order valence-corrected chi connectivity index (χ4v) is 1.47. The van der Waals surface area contributed by atoms with Gasteiger partial charge in [0, 0.05) is 5.02 Å².